The van der Waals surface area contributed by atoms with E-state index < -0.39 is 23.7 Å². The third-order valence-corrected chi connectivity index (χ3v) is 4.46. The average Bonchev–Trinajstić information content (AvgIpc) is 2.76. The lowest BCUT2D eigenvalue weighted by atomic mass is 10.0. The molecule has 0 atom stereocenters. The number of carbonyl (C=O) groups excluding carboxylic acids is 5. The van der Waals surface area contributed by atoms with Crippen molar-refractivity contribution >= 4 is 30.3 Å². The van der Waals surface area contributed by atoms with E-state index in [1.165, 1.54) is 13.8 Å². The number of piperidine rings is 1. The van der Waals surface area contributed by atoms with Crippen LogP contribution < -0.4 is 0 Å². The van der Waals surface area contributed by atoms with E-state index in [4.69, 9.17) is 18.9 Å². The standard InChI is InChI=1S/C20H31NO11/c1-16(23)28-10-11-30-19(26)4-3-18(25)21-7-5-20(6-8-21,31-13-9-27-15-22)32-14-12-29-17(2)24/h15H,3-14H2,1-2H3. The zero-order valence-corrected chi connectivity index (χ0v) is 18.5. The van der Waals surface area contributed by atoms with E-state index in [0.717, 1.165) is 0 Å². The Kier molecular flexibility index (Phi) is 12.9. The van der Waals surface area contributed by atoms with Crippen molar-refractivity contribution in [2.24, 2.45) is 0 Å². The molecule has 0 saturated carbocycles. The van der Waals surface area contributed by atoms with E-state index in [1.54, 1.807) is 4.90 Å². The maximum atomic E-state index is 12.4. The predicted octanol–water partition coefficient (Wildman–Crippen LogP) is -0.0391. The molecule has 0 aromatic heterocycles. The fourth-order valence-electron chi connectivity index (χ4n) is 2.94. The number of ether oxygens (including phenoxy) is 6. The number of carbonyl (C=O) groups is 5. The van der Waals surface area contributed by atoms with Crippen molar-refractivity contribution < 1.29 is 52.4 Å². The van der Waals surface area contributed by atoms with Gasteiger partial charge >= 0.3 is 17.9 Å². The molecule has 0 bridgehead atoms. The summed E-state index contributed by atoms with van der Waals surface area (Å²) in [6.45, 7) is 3.79. The molecule has 1 fully saturated rings. The van der Waals surface area contributed by atoms with Gasteiger partial charge in [0.15, 0.2) is 5.79 Å². The quantitative estimate of drug-likeness (QED) is 0.106. The molecule has 0 aliphatic carbocycles. The summed E-state index contributed by atoms with van der Waals surface area (Å²) in [5.74, 6) is -2.65. The van der Waals surface area contributed by atoms with Crippen molar-refractivity contribution in [3.63, 3.8) is 0 Å². The molecule has 1 amide bonds. The molecule has 1 rings (SSSR count). The summed E-state index contributed by atoms with van der Waals surface area (Å²) in [4.78, 5) is 57.5. The third-order valence-electron chi connectivity index (χ3n) is 4.46. The molecule has 1 saturated heterocycles. The number of rotatable bonds is 15. The Bertz CT molecular complexity index is 629. The van der Waals surface area contributed by atoms with Crippen molar-refractivity contribution in [2.75, 3.05) is 52.7 Å². The van der Waals surface area contributed by atoms with Gasteiger partial charge in [0.2, 0.25) is 5.91 Å². The summed E-state index contributed by atoms with van der Waals surface area (Å²) < 4.78 is 30.6. The minimum atomic E-state index is -1.00. The second kappa shape index (κ2) is 15.1. The van der Waals surface area contributed by atoms with Gasteiger partial charge in [0, 0.05) is 46.2 Å². The molecule has 32 heavy (non-hydrogen) atoms. The van der Waals surface area contributed by atoms with Crippen LogP contribution in [0.5, 0.6) is 0 Å². The SMILES string of the molecule is CC(=O)OCCOC(=O)CCC(=O)N1CCC(OCCOC=O)(OCCOC(C)=O)CC1. The minimum Gasteiger partial charge on any atom is -0.465 e. The molecular formula is C20H31NO11. The van der Waals surface area contributed by atoms with Crippen LogP contribution in [-0.2, 0) is 52.4 Å². The van der Waals surface area contributed by atoms with E-state index in [2.05, 4.69) is 9.47 Å². The lowest BCUT2D eigenvalue weighted by molar-refractivity contribution is -0.262. The highest BCUT2D eigenvalue weighted by Crippen LogP contribution is 2.28. The van der Waals surface area contributed by atoms with Crippen LogP contribution >= 0.6 is 0 Å². The summed E-state index contributed by atoms with van der Waals surface area (Å²) >= 11 is 0. The molecule has 1 aliphatic heterocycles. The minimum absolute atomic E-state index is 0.0132. The van der Waals surface area contributed by atoms with Crippen LogP contribution in [-0.4, -0.2) is 93.7 Å². The molecule has 0 unspecified atom stereocenters. The second-order valence-electron chi connectivity index (χ2n) is 6.86. The maximum absolute atomic E-state index is 12.4. The lowest BCUT2D eigenvalue weighted by Crippen LogP contribution is -2.50. The Hall–Kier alpha value is -2.73. The van der Waals surface area contributed by atoms with Crippen molar-refractivity contribution in [3.8, 4) is 0 Å². The van der Waals surface area contributed by atoms with Crippen LogP contribution in [0, 0.1) is 0 Å². The molecule has 12 nitrogen and oxygen atoms in total. The number of amides is 1. The maximum Gasteiger partial charge on any atom is 0.306 e. The molecule has 0 radical (unpaired) electrons. The molecule has 182 valence electrons. The third kappa shape index (κ3) is 11.6. The topological polar surface area (TPSA) is 144 Å². The van der Waals surface area contributed by atoms with E-state index in [1.807, 2.05) is 0 Å². The van der Waals surface area contributed by atoms with Crippen LogP contribution in [0.4, 0.5) is 0 Å². The molecule has 0 aromatic carbocycles. The average molecular weight is 461 g/mol. The highest BCUT2D eigenvalue weighted by molar-refractivity contribution is 5.81. The summed E-state index contributed by atoms with van der Waals surface area (Å²) in [7, 11) is 0. The number of esters is 3. The lowest BCUT2D eigenvalue weighted by Gasteiger charge is -2.41. The van der Waals surface area contributed by atoms with Gasteiger partial charge in [-0.15, -0.1) is 0 Å². The first-order chi connectivity index (χ1) is 15.3. The molecular weight excluding hydrogens is 430 g/mol. The number of hydrogen-bond donors (Lipinski definition) is 0. The molecule has 1 aliphatic rings. The Balaban J connectivity index is 2.42. The molecule has 12 heteroatoms. The monoisotopic (exact) mass is 461 g/mol. The molecule has 0 aromatic rings. The Morgan fingerprint density at radius 3 is 1.88 bits per heavy atom. The van der Waals surface area contributed by atoms with Crippen LogP contribution in [0.2, 0.25) is 0 Å². The van der Waals surface area contributed by atoms with Gasteiger partial charge in [-0.2, -0.15) is 0 Å². The van der Waals surface area contributed by atoms with Gasteiger partial charge in [0.1, 0.15) is 26.4 Å². The smallest absolute Gasteiger partial charge is 0.306 e. The molecule has 0 N–H and O–H groups in total. The van der Waals surface area contributed by atoms with Crippen molar-refractivity contribution in [1.82, 2.24) is 4.90 Å². The summed E-state index contributed by atoms with van der Waals surface area (Å²) in [5.41, 5.74) is 0. The second-order valence-corrected chi connectivity index (χ2v) is 6.86. The van der Waals surface area contributed by atoms with E-state index in [9.17, 15) is 24.0 Å². The van der Waals surface area contributed by atoms with Gasteiger partial charge in [-0.25, -0.2) is 0 Å². The first-order valence-corrected chi connectivity index (χ1v) is 10.3. The van der Waals surface area contributed by atoms with Crippen LogP contribution in [0.3, 0.4) is 0 Å². The number of hydrogen-bond acceptors (Lipinski definition) is 11. The largest absolute Gasteiger partial charge is 0.465 e. The van der Waals surface area contributed by atoms with Gasteiger partial charge in [-0.3, -0.25) is 24.0 Å². The van der Waals surface area contributed by atoms with Crippen LogP contribution in [0.15, 0.2) is 0 Å². The van der Waals surface area contributed by atoms with Gasteiger partial charge in [0.05, 0.1) is 19.6 Å². The Morgan fingerprint density at radius 1 is 0.781 bits per heavy atom. The fraction of sp³-hybridized carbons (Fsp3) is 0.750. The molecule has 1 heterocycles. The first kappa shape index (κ1) is 27.3. The van der Waals surface area contributed by atoms with Gasteiger partial charge < -0.3 is 33.3 Å². The van der Waals surface area contributed by atoms with Crippen LogP contribution in [0.1, 0.15) is 39.5 Å². The van der Waals surface area contributed by atoms with E-state index in [0.29, 0.717) is 32.4 Å². The number of nitrogens with zero attached hydrogens (tertiary/aromatic N) is 1. The highest BCUT2D eigenvalue weighted by atomic mass is 16.7. The summed E-state index contributed by atoms with van der Waals surface area (Å²) in [6, 6.07) is 0. The Labute approximate surface area is 186 Å². The molecule has 0 spiro atoms. The summed E-state index contributed by atoms with van der Waals surface area (Å²) in [5, 5.41) is 0. The van der Waals surface area contributed by atoms with E-state index >= 15 is 0 Å². The Morgan fingerprint density at radius 2 is 1.31 bits per heavy atom. The van der Waals surface area contributed by atoms with E-state index in [-0.39, 0.29) is 58.4 Å². The zero-order chi connectivity index (χ0) is 23.8. The van der Waals surface area contributed by atoms with Gasteiger partial charge in [-0.05, 0) is 0 Å². The van der Waals surface area contributed by atoms with Crippen molar-refractivity contribution in [3.05, 3.63) is 0 Å². The van der Waals surface area contributed by atoms with Crippen molar-refractivity contribution in [2.45, 2.75) is 45.3 Å². The number of likely N-dealkylation sites (tertiary alicyclic amines) is 1. The fourth-order valence-corrected chi connectivity index (χ4v) is 2.94. The van der Waals surface area contributed by atoms with Gasteiger partial charge in [-0.1, -0.05) is 0 Å². The normalized spacial score (nSPS) is 14.9. The predicted molar refractivity (Wildman–Crippen MR) is 106 cm³/mol. The highest BCUT2D eigenvalue weighted by Gasteiger charge is 2.38. The summed E-state index contributed by atoms with van der Waals surface area (Å²) in [6.07, 6.45) is 0.610. The zero-order valence-electron chi connectivity index (χ0n) is 18.5. The first-order valence-electron chi connectivity index (χ1n) is 10.3. The van der Waals surface area contributed by atoms with Crippen LogP contribution in [0.25, 0.3) is 0 Å². The van der Waals surface area contributed by atoms with Gasteiger partial charge in [0.25, 0.3) is 6.47 Å². The van der Waals surface area contributed by atoms with Crippen molar-refractivity contribution in [1.29, 1.82) is 0 Å².